The highest BCUT2D eigenvalue weighted by molar-refractivity contribution is 6.09. The van der Waals surface area contributed by atoms with E-state index in [0.717, 1.165) is 67.4 Å². The minimum Gasteiger partial charge on any atom is -0.457 e. The van der Waals surface area contributed by atoms with Crippen LogP contribution in [0.4, 0.5) is 22.9 Å². The standard InChI is InChI=1S/C42H34N6O/c1-42(2,3)30-17-20-44-41(22-30)48-36-14-7-6-13-34(36)35-16-15-33(24-38(35)48)49-32-12-8-11-31(23-32)46-27-47(39-26-43-19-18-37(39)46)40-21-28-9-4-5-10-29(28)25-45-40/h4-26H,27H2,1-3H3. The van der Waals surface area contributed by atoms with Gasteiger partial charge in [-0.25, -0.2) is 9.97 Å². The van der Waals surface area contributed by atoms with Crippen LogP contribution in [-0.2, 0) is 5.41 Å². The predicted molar refractivity (Wildman–Crippen MR) is 199 cm³/mol. The van der Waals surface area contributed by atoms with Crippen LogP contribution >= 0.6 is 0 Å². The number of aromatic nitrogens is 4. The molecular weight excluding hydrogens is 605 g/mol. The molecule has 238 valence electrons. The molecule has 4 aromatic heterocycles. The molecule has 49 heavy (non-hydrogen) atoms. The van der Waals surface area contributed by atoms with E-state index >= 15 is 0 Å². The van der Waals surface area contributed by atoms with Crippen LogP contribution in [0.2, 0.25) is 0 Å². The molecule has 0 fully saturated rings. The Kier molecular flexibility index (Phi) is 6.62. The molecule has 0 saturated carbocycles. The first-order valence-electron chi connectivity index (χ1n) is 16.5. The second-order valence-corrected chi connectivity index (χ2v) is 13.5. The highest BCUT2D eigenvalue weighted by Gasteiger charge is 2.29. The monoisotopic (exact) mass is 638 g/mol. The minimum absolute atomic E-state index is 0.00508. The van der Waals surface area contributed by atoms with E-state index in [1.165, 1.54) is 10.9 Å². The summed E-state index contributed by atoms with van der Waals surface area (Å²) in [5.41, 5.74) is 6.51. The van der Waals surface area contributed by atoms with Crippen LogP contribution in [0.25, 0.3) is 38.4 Å². The number of para-hydroxylation sites is 1. The van der Waals surface area contributed by atoms with Gasteiger partial charge in [0.25, 0.3) is 0 Å². The lowest BCUT2D eigenvalue weighted by Crippen LogP contribution is -2.24. The van der Waals surface area contributed by atoms with Gasteiger partial charge in [-0.2, -0.15) is 0 Å². The molecule has 0 bridgehead atoms. The van der Waals surface area contributed by atoms with Crippen LogP contribution in [0.5, 0.6) is 11.5 Å². The summed E-state index contributed by atoms with van der Waals surface area (Å²) < 4.78 is 8.84. The van der Waals surface area contributed by atoms with E-state index in [1.54, 1.807) is 0 Å². The normalized spacial score (nSPS) is 13.0. The molecule has 0 amide bonds. The van der Waals surface area contributed by atoms with Gasteiger partial charge in [-0.1, -0.05) is 69.3 Å². The molecule has 7 nitrogen and oxygen atoms in total. The van der Waals surface area contributed by atoms with Crippen molar-refractivity contribution in [2.45, 2.75) is 26.2 Å². The summed E-state index contributed by atoms with van der Waals surface area (Å²) >= 11 is 0. The van der Waals surface area contributed by atoms with E-state index in [-0.39, 0.29) is 5.41 Å². The Morgan fingerprint density at radius 3 is 2.31 bits per heavy atom. The number of fused-ring (bicyclic) bond motifs is 5. The lowest BCUT2D eigenvalue weighted by Gasteiger charge is -2.22. The fourth-order valence-corrected chi connectivity index (χ4v) is 6.86. The van der Waals surface area contributed by atoms with Gasteiger partial charge < -0.3 is 14.5 Å². The van der Waals surface area contributed by atoms with Crippen molar-refractivity contribution in [3.05, 3.63) is 146 Å². The van der Waals surface area contributed by atoms with E-state index in [9.17, 15) is 0 Å². The summed E-state index contributed by atoms with van der Waals surface area (Å²) in [4.78, 5) is 18.6. The van der Waals surface area contributed by atoms with E-state index in [1.807, 2.05) is 43.0 Å². The number of anilines is 4. The van der Waals surface area contributed by atoms with E-state index in [4.69, 9.17) is 14.7 Å². The van der Waals surface area contributed by atoms with Crippen molar-refractivity contribution in [2.75, 3.05) is 16.5 Å². The summed E-state index contributed by atoms with van der Waals surface area (Å²) in [6, 6.07) is 39.9. The Morgan fingerprint density at radius 1 is 0.592 bits per heavy atom. The first kappa shape index (κ1) is 29.0. The fourth-order valence-electron chi connectivity index (χ4n) is 6.86. The second-order valence-electron chi connectivity index (χ2n) is 13.5. The van der Waals surface area contributed by atoms with Crippen molar-refractivity contribution < 1.29 is 4.74 Å². The molecule has 0 spiro atoms. The van der Waals surface area contributed by atoms with Crippen molar-refractivity contribution in [3.8, 4) is 17.3 Å². The van der Waals surface area contributed by atoms with E-state index in [2.05, 4.69) is 137 Å². The first-order chi connectivity index (χ1) is 23.9. The Morgan fingerprint density at radius 2 is 1.41 bits per heavy atom. The number of rotatable bonds is 5. The number of ether oxygens (including phenoxy) is 1. The molecule has 8 aromatic rings. The van der Waals surface area contributed by atoms with Gasteiger partial charge in [0.1, 0.15) is 29.8 Å². The zero-order valence-corrected chi connectivity index (χ0v) is 27.6. The predicted octanol–water partition coefficient (Wildman–Crippen LogP) is 10.5. The van der Waals surface area contributed by atoms with Crippen LogP contribution in [0.15, 0.2) is 140 Å². The van der Waals surface area contributed by atoms with Crippen molar-refractivity contribution in [3.63, 3.8) is 0 Å². The highest BCUT2D eigenvalue weighted by atomic mass is 16.5. The average molecular weight is 639 g/mol. The van der Waals surface area contributed by atoms with Gasteiger partial charge in [0.05, 0.1) is 28.6 Å². The quantitative estimate of drug-likeness (QED) is 0.187. The third-order valence-electron chi connectivity index (χ3n) is 9.39. The third-order valence-corrected chi connectivity index (χ3v) is 9.39. The number of hydrogen-bond donors (Lipinski definition) is 0. The highest BCUT2D eigenvalue weighted by Crippen LogP contribution is 2.44. The van der Waals surface area contributed by atoms with E-state index in [0.29, 0.717) is 6.67 Å². The summed E-state index contributed by atoms with van der Waals surface area (Å²) in [6.07, 6.45) is 7.59. The minimum atomic E-state index is 0.00508. The van der Waals surface area contributed by atoms with Gasteiger partial charge >= 0.3 is 0 Å². The molecule has 7 heteroatoms. The molecule has 0 radical (unpaired) electrons. The van der Waals surface area contributed by atoms with Crippen molar-refractivity contribution in [1.82, 2.24) is 19.5 Å². The molecule has 1 aliphatic heterocycles. The Labute approximate surface area is 284 Å². The molecule has 1 aliphatic rings. The van der Waals surface area contributed by atoms with Crippen molar-refractivity contribution >= 4 is 55.5 Å². The summed E-state index contributed by atoms with van der Waals surface area (Å²) in [5, 5.41) is 4.61. The lowest BCUT2D eigenvalue weighted by atomic mass is 9.88. The van der Waals surface area contributed by atoms with Gasteiger partial charge in [-0.3, -0.25) is 9.55 Å². The fraction of sp³-hybridized carbons (Fsp3) is 0.119. The molecule has 0 aliphatic carbocycles. The maximum Gasteiger partial charge on any atom is 0.137 e. The summed E-state index contributed by atoms with van der Waals surface area (Å²) in [5.74, 6) is 3.29. The molecule has 5 heterocycles. The topological polar surface area (TPSA) is 59.3 Å². The van der Waals surface area contributed by atoms with Crippen LogP contribution in [0.1, 0.15) is 26.3 Å². The van der Waals surface area contributed by atoms with E-state index < -0.39 is 0 Å². The van der Waals surface area contributed by atoms with Gasteiger partial charge in [-0.15, -0.1) is 0 Å². The molecule has 9 rings (SSSR count). The smallest absolute Gasteiger partial charge is 0.137 e. The Balaban J connectivity index is 1.07. The molecule has 0 saturated heterocycles. The third kappa shape index (κ3) is 5.02. The Hall–Kier alpha value is -6.21. The molecule has 0 N–H and O–H groups in total. The van der Waals surface area contributed by atoms with Crippen LogP contribution < -0.4 is 14.5 Å². The Bertz CT molecular complexity index is 2530. The lowest BCUT2D eigenvalue weighted by molar-refractivity contribution is 0.483. The van der Waals surface area contributed by atoms with Gasteiger partial charge in [-0.05, 0) is 71.0 Å². The maximum absolute atomic E-state index is 6.60. The molecule has 4 aromatic carbocycles. The average Bonchev–Trinajstić information content (AvgIpc) is 3.67. The van der Waals surface area contributed by atoms with Crippen molar-refractivity contribution in [1.29, 1.82) is 0 Å². The van der Waals surface area contributed by atoms with Crippen LogP contribution in [0.3, 0.4) is 0 Å². The number of nitrogens with zero attached hydrogens (tertiary/aromatic N) is 6. The zero-order chi connectivity index (χ0) is 33.1. The molecular formula is C42H34N6O. The van der Waals surface area contributed by atoms with Gasteiger partial charge in [0, 0.05) is 52.6 Å². The van der Waals surface area contributed by atoms with Gasteiger partial charge in [0.15, 0.2) is 0 Å². The van der Waals surface area contributed by atoms with Crippen LogP contribution in [-0.4, -0.2) is 26.2 Å². The zero-order valence-electron chi connectivity index (χ0n) is 27.6. The first-order valence-corrected chi connectivity index (χ1v) is 16.5. The second kappa shape index (κ2) is 11.2. The largest absolute Gasteiger partial charge is 0.457 e. The summed E-state index contributed by atoms with van der Waals surface area (Å²) in [6.45, 7) is 7.29. The van der Waals surface area contributed by atoms with Crippen molar-refractivity contribution in [2.24, 2.45) is 0 Å². The number of benzene rings is 4. The molecule has 0 unspecified atom stereocenters. The maximum atomic E-state index is 6.60. The molecule has 0 atom stereocenters. The SMILES string of the molecule is CC(C)(C)c1ccnc(-n2c3ccccc3c3ccc(Oc4cccc(N5CN(c6cc7ccccc7cn6)c6cnccc65)c4)cc32)c1. The number of hydrogen-bond acceptors (Lipinski definition) is 6. The van der Waals surface area contributed by atoms with Gasteiger partial charge in [0.2, 0.25) is 0 Å². The summed E-state index contributed by atoms with van der Waals surface area (Å²) in [7, 11) is 0. The number of pyridine rings is 3. The van der Waals surface area contributed by atoms with Crippen LogP contribution in [0, 0.1) is 0 Å².